The van der Waals surface area contributed by atoms with Gasteiger partial charge < -0.3 is 15.2 Å². The molecule has 0 atom stereocenters. The molecule has 0 radical (unpaired) electrons. The normalized spacial score (nSPS) is 11.5. The number of nitrogens with one attached hydrogen (secondary N) is 1. The van der Waals surface area contributed by atoms with Crippen molar-refractivity contribution in [1.29, 1.82) is 0 Å². The van der Waals surface area contributed by atoms with Crippen molar-refractivity contribution < 1.29 is 19.4 Å². The molecule has 174 valence electrons. The summed E-state index contributed by atoms with van der Waals surface area (Å²) in [7, 11) is 0. The highest BCUT2D eigenvalue weighted by atomic mass is 16.6. The van der Waals surface area contributed by atoms with E-state index in [-0.39, 0.29) is 12.1 Å². The van der Waals surface area contributed by atoms with E-state index in [1.807, 2.05) is 38.1 Å². The zero-order chi connectivity index (χ0) is 24.1. The third-order valence-corrected chi connectivity index (χ3v) is 4.91. The predicted molar refractivity (Wildman–Crippen MR) is 127 cm³/mol. The molecule has 0 aliphatic heterocycles. The number of carboxylic acids is 1. The average molecular weight is 441 g/mol. The average Bonchev–Trinajstić information content (AvgIpc) is 2.65. The summed E-state index contributed by atoms with van der Waals surface area (Å²) in [4.78, 5) is 29.6. The highest BCUT2D eigenvalue weighted by Gasteiger charge is 2.26. The number of aryl methyl sites for hydroxylation is 2. The Balaban J connectivity index is 2.72. The molecule has 1 heterocycles. The van der Waals surface area contributed by atoms with Crippen LogP contribution in [0.5, 0.6) is 0 Å². The summed E-state index contributed by atoms with van der Waals surface area (Å²) in [6.45, 7) is 13.8. The molecule has 32 heavy (non-hydrogen) atoms. The van der Waals surface area contributed by atoms with Gasteiger partial charge in [-0.25, -0.2) is 9.59 Å². The second-order valence-electron chi connectivity index (χ2n) is 9.61. The zero-order valence-corrected chi connectivity index (χ0v) is 20.3. The molecule has 2 rings (SSSR count). The molecule has 0 saturated carbocycles. The monoisotopic (exact) mass is 440 g/mol. The number of hydrogen-bond acceptors (Lipinski definition) is 4. The fraction of sp³-hybridized carbons (Fsp3) is 0.500. The van der Waals surface area contributed by atoms with Gasteiger partial charge in [-0.1, -0.05) is 57.0 Å². The Morgan fingerprint density at radius 2 is 1.75 bits per heavy atom. The molecule has 0 aliphatic carbocycles. The number of pyridine rings is 1. The van der Waals surface area contributed by atoms with E-state index >= 15 is 0 Å². The molecule has 0 spiro atoms. The molecule has 1 aromatic heterocycles. The molecule has 6 nitrogen and oxygen atoms in total. The summed E-state index contributed by atoms with van der Waals surface area (Å²) in [5, 5.41) is 13.0. The van der Waals surface area contributed by atoms with E-state index in [1.54, 1.807) is 20.8 Å². The molecule has 0 unspecified atom stereocenters. The van der Waals surface area contributed by atoms with Crippen LogP contribution in [-0.4, -0.2) is 27.8 Å². The van der Waals surface area contributed by atoms with Gasteiger partial charge in [0.2, 0.25) is 0 Å². The second-order valence-corrected chi connectivity index (χ2v) is 9.61. The van der Waals surface area contributed by atoms with Gasteiger partial charge in [-0.15, -0.1) is 0 Å². The molecular weight excluding hydrogens is 404 g/mol. The lowest BCUT2D eigenvalue weighted by Crippen LogP contribution is -2.33. The summed E-state index contributed by atoms with van der Waals surface area (Å²) in [6.07, 6.45) is 1.50. The lowest BCUT2D eigenvalue weighted by atomic mass is 9.88. The van der Waals surface area contributed by atoms with Crippen molar-refractivity contribution in [3.05, 3.63) is 52.3 Å². The lowest BCUT2D eigenvalue weighted by Gasteiger charge is -2.23. The van der Waals surface area contributed by atoms with Crippen molar-refractivity contribution in [2.24, 2.45) is 5.92 Å². The molecule has 1 aromatic carbocycles. The van der Waals surface area contributed by atoms with Crippen LogP contribution in [0.4, 0.5) is 4.79 Å². The molecule has 2 N–H and O–H groups in total. The van der Waals surface area contributed by atoms with Gasteiger partial charge >= 0.3 is 12.1 Å². The topological polar surface area (TPSA) is 88.5 Å². The summed E-state index contributed by atoms with van der Waals surface area (Å²) >= 11 is 0. The van der Waals surface area contributed by atoms with Crippen molar-refractivity contribution >= 4 is 12.1 Å². The first kappa shape index (κ1) is 25.4. The largest absolute Gasteiger partial charge is 0.478 e. The van der Waals surface area contributed by atoms with Gasteiger partial charge in [-0.2, -0.15) is 0 Å². The maximum absolute atomic E-state index is 12.4. The zero-order valence-electron chi connectivity index (χ0n) is 20.3. The Labute approximate surface area is 191 Å². The van der Waals surface area contributed by atoms with Gasteiger partial charge in [-0.3, -0.25) is 4.98 Å². The number of nitrogens with zero attached hydrogens (tertiary/aromatic N) is 1. The van der Waals surface area contributed by atoms with Crippen molar-refractivity contribution in [2.75, 3.05) is 0 Å². The Morgan fingerprint density at radius 1 is 1.12 bits per heavy atom. The minimum atomic E-state index is -1.01. The van der Waals surface area contributed by atoms with Crippen molar-refractivity contribution in [3.63, 3.8) is 0 Å². The number of carbonyl (C=O) groups excluding carboxylic acids is 1. The minimum absolute atomic E-state index is 0.139. The van der Waals surface area contributed by atoms with Gasteiger partial charge in [0, 0.05) is 23.4 Å². The predicted octanol–water partition coefficient (Wildman–Crippen LogP) is 5.93. The number of rotatable bonds is 8. The standard InChI is InChI=1S/C26H36N2O4/c1-8-9-20-23(24(29)30)22(18-12-10-17(4)11-13-18)19(21(28-20)14-16(2)3)15-27-25(31)32-26(5,6)7/h10-13,16H,8-9,14-15H2,1-7H3,(H,27,31)(H,29,30). The van der Waals surface area contributed by atoms with Crippen molar-refractivity contribution in [3.8, 4) is 11.1 Å². The van der Waals surface area contributed by atoms with Crippen LogP contribution in [0.2, 0.25) is 0 Å². The molecule has 0 bridgehead atoms. The van der Waals surface area contributed by atoms with E-state index in [2.05, 4.69) is 19.2 Å². The smallest absolute Gasteiger partial charge is 0.407 e. The first-order valence-corrected chi connectivity index (χ1v) is 11.2. The molecule has 2 aromatic rings. The molecule has 1 amide bonds. The van der Waals surface area contributed by atoms with Crippen LogP contribution in [0.3, 0.4) is 0 Å². The Morgan fingerprint density at radius 3 is 2.25 bits per heavy atom. The van der Waals surface area contributed by atoms with E-state index in [0.717, 1.165) is 28.8 Å². The third kappa shape index (κ3) is 6.81. The van der Waals surface area contributed by atoms with E-state index in [0.29, 0.717) is 30.0 Å². The SMILES string of the molecule is CCCc1nc(CC(C)C)c(CNC(=O)OC(C)(C)C)c(-c2ccc(C)cc2)c1C(=O)O. The number of aromatic nitrogens is 1. The van der Waals surface area contributed by atoms with Crippen LogP contribution in [0, 0.1) is 12.8 Å². The molecule has 0 fully saturated rings. The van der Waals surface area contributed by atoms with Gasteiger partial charge in [0.05, 0.1) is 11.3 Å². The summed E-state index contributed by atoms with van der Waals surface area (Å²) in [6, 6.07) is 7.80. The number of carboxylic acid groups (broad SMARTS) is 1. The van der Waals surface area contributed by atoms with Gasteiger partial charge in [-0.05, 0) is 52.0 Å². The number of hydrogen-bond donors (Lipinski definition) is 2. The highest BCUT2D eigenvalue weighted by molar-refractivity contribution is 5.98. The maximum atomic E-state index is 12.4. The fourth-order valence-electron chi connectivity index (χ4n) is 3.63. The lowest BCUT2D eigenvalue weighted by molar-refractivity contribution is 0.0523. The van der Waals surface area contributed by atoms with E-state index < -0.39 is 17.7 Å². The highest BCUT2D eigenvalue weighted by Crippen LogP contribution is 2.33. The third-order valence-electron chi connectivity index (χ3n) is 4.91. The number of benzene rings is 1. The molecule has 6 heteroatoms. The quantitative estimate of drug-likeness (QED) is 0.531. The number of ether oxygens (including phenoxy) is 1. The Kier molecular flexibility index (Phi) is 8.42. The Bertz CT molecular complexity index is 957. The van der Waals surface area contributed by atoms with Gasteiger partial charge in [0.25, 0.3) is 0 Å². The van der Waals surface area contributed by atoms with Crippen molar-refractivity contribution in [1.82, 2.24) is 10.3 Å². The van der Waals surface area contributed by atoms with E-state index in [9.17, 15) is 14.7 Å². The van der Waals surface area contributed by atoms with Gasteiger partial charge in [0.1, 0.15) is 5.60 Å². The number of alkyl carbamates (subject to hydrolysis) is 1. The fourth-order valence-corrected chi connectivity index (χ4v) is 3.63. The minimum Gasteiger partial charge on any atom is -0.478 e. The van der Waals surface area contributed by atoms with Crippen LogP contribution < -0.4 is 5.32 Å². The van der Waals surface area contributed by atoms with Crippen molar-refractivity contribution in [2.45, 2.75) is 79.9 Å². The van der Waals surface area contributed by atoms with E-state index in [4.69, 9.17) is 9.72 Å². The number of amides is 1. The van der Waals surface area contributed by atoms with Crippen LogP contribution in [0.25, 0.3) is 11.1 Å². The second kappa shape index (κ2) is 10.6. The van der Waals surface area contributed by atoms with Crippen LogP contribution >= 0.6 is 0 Å². The molecule has 0 saturated heterocycles. The van der Waals surface area contributed by atoms with Crippen LogP contribution in [0.15, 0.2) is 24.3 Å². The first-order valence-electron chi connectivity index (χ1n) is 11.2. The number of carbonyl (C=O) groups is 2. The molecular formula is C26H36N2O4. The molecule has 0 aliphatic rings. The Hall–Kier alpha value is -2.89. The van der Waals surface area contributed by atoms with E-state index in [1.165, 1.54) is 0 Å². The first-order chi connectivity index (χ1) is 14.9. The number of aromatic carboxylic acids is 1. The summed E-state index contributed by atoms with van der Waals surface area (Å²) in [5.41, 5.74) is 4.24. The van der Waals surface area contributed by atoms with Gasteiger partial charge in [0.15, 0.2) is 0 Å². The van der Waals surface area contributed by atoms with Crippen LogP contribution in [-0.2, 0) is 24.1 Å². The summed E-state index contributed by atoms with van der Waals surface area (Å²) in [5.74, 6) is -0.690. The van der Waals surface area contributed by atoms with Crippen LogP contribution in [0.1, 0.15) is 80.8 Å². The summed E-state index contributed by atoms with van der Waals surface area (Å²) < 4.78 is 5.39. The maximum Gasteiger partial charge on any atom is 0.407 e.